The Bertz CT molecular complexity index is 1560. The molecule has 4 rings (SSSR count). The monoisotopic (exact) mass is 560 g/mol. The van der Waals surface area contributed by atoms with Crippen molar-refractivity contribution in [2.75, 3.05) is 6.61 Å². The number of carbonyl (C=O) groups excluding carboxylic acids is 1. The van der Waals surface area contributed by atoms with Crippen molar-refractivity contribution in [1.82, 2.24) is 10.3 Å². The lowest BCUT2D eigenvalue weighted by Gasteiger charge is -2.29. The minimum absolute atomic E-state index is 0.214. The number of hydrogen-bond donors (Lipinski definition) is 3. The number of fused-ring (bicyclic) bond motifs is 1. The van der Waals surface area contributed by atoms with E-state index in [0.29, 0.717) is 15.6 Å². The number of rotatable bonds is 6. The summed E-state index contributed by atoms with van der Waals surface area (Å²) in [5.41, 5.74) is 0.903. The lowest BCUT2D eigenvalue weighted by Crippen LogP contribution is -2.50. The topological polar surface area (TPSA) is 74.4 Å². The molecule has 1 heterocycles. The first-order valence-corrected chi connectivity index (χ1v) is 12.1. The molecule has 5 nitrogen and oxygen atoms in total. The molecular weight excluding hydrogens is 540 g/mol. The van der Waals surface area contributed by atoms with Crippen molar-refractivity contribution in [3.05, 3.63) is 99.2 Å². The van der Waals surface area contributed by atoms with E-state index in [9.17, 15) is 23.1 Å². The highest BCUT2D eigenvalue weighted by atomic mass is 35.5. The van der Waals surface area contributed by atoms with Gasteiger partial charge in [0, 0.05) is 28.2 Å². The van der Waals surface area contributed by atoms with Gasteiger partial charge < -0.3 is 20.1 Å². The van der Waals surface area contributed by atoms with Crippen LogP contribution in [0.1, 0.15) is 34.0 Å². The van der Waals surface area contributed by atoms with Crippen LogP contribution in [0.25, 0.3) is 10.9 Å². The van der Waals surface area contributed by atoms with Crippen LogP contribution in [0.3, 0.4) is 0 Å². The maximum absolute atomic E-state index is 13.3. The lowest BCUT2D eigenvalue weighted by atomic mass is 9.92. The van der Waals surface area contributed by atoms with Gasteiger partial charge in [0.15, 0.2) is 0 Å². The number of aromatic nitrogens is 1. The van der Waals surface area contributed by atoms with Gasteiger partial charge in [-0.15, -0.1) is 13.2 Å². The number of hydrogen-bond acceptors (Lipinski definition) is 3. The molecule has 38 heavy (non-hydrogen) atoms. The highest BCUT2D eigenvalue weighted by Crippen LogP contribution is 2.29. The molecule has 196 valence electrons. The number of ether oxygens (including phenoxy) is 1. The minimum Gasteiger partial charge on any atom is -0.405 e. The molecule has 0 unspecified atom stereocenters. The Morgan fingerprint density at radius 1 is 1.03 bits per heavy atom. The van der Waals surface area contributed by atoms with E-state index in [4.69, 9.17) is 23.2 Å². The van der Waals surface area contributed by atoms with Gasteiger partial charge in [-0.2, -0.15) is 0 Å². The molecule has 0 radical (unpaired) electrons. The molecule has 0 fully saturated rings. The molecule has 1 aromatic heterocycles. The third-order valence-corrected chi connectivity index (χ3v) is 6.48. The van der Waals surface area contributed by atoms with E-state index >= 15 is 0 Å². The van der Waals surface area contributed by atoms with E-state index in [0.717, 1.165) is 22.5 Å². The summed E-state index contributed by atoms with van der Waals surface area (Å²) in [5, 5.41) is 14.4. The zero-order valence-electron chi connectivity index (χ0n) is 19.9. The SMILES string of the molecule is C[C@](CO)(Cc1c[nH]c2ccccc12)NC(=O)c1cc(C#Cc2ccc(Cl)c(Cl)c2)ccc1OC(F)(F)F. The Balaban J connectivity index is 1.64. The van der Waals surface area contributed by atoms with E-state index in [1.54, 1.807) is 31.3 Å². The number of carbonyl (C=O) groups is 1. The predicted octanol–water partition coefficient (Wildman–Crippen LogP) is 6.50. The number of alkyl halides is 3. The highest BCUT2D eigenvalue weighted by molar-refractivity contribution is 6.42. The molecule has 3 N–H and O–H groups in total. The fourth-order valence-corrected chi connectivity index (χ4v) is 4.19. The van der Waals surface area contributed by atoms with Crippen molar-refractivity contribution in [2.24, 2.45) is 0 Å². The van der Waals surface area contributed by atoms with Crippen LogP contribution in [0.5, 0.6) is 5.75 Å². The van der Waals surface area contributed by atoms with Crippen molar-refractivity contribution >= 4 is 40.0 Å². The molecular formula is C28H21Cl2F3N2O3. The van der Waals surface area contributed by atoms with Crippen molar-refractivity contribution in [3.8, 4) is 17.6 Å². The molecule has 0 saturated heterocycles. The van der Waals surface area contributed by atoms with Gasteiger partial charge in [0.1, 0.15) is 5.75 Å². The molecule has 0 aliphatic rings. The Morgan fingerprint density at radius 3 is 2.39 bits per heavy atom. The normalized spacial score (nSPS) is 12.9. The Morgan fingerprint density at radius 2 is 1.71 bits per heavy atom. The Hall–Kier alpha value is -3.64. The van der Waals surface area contributed by atoms with Gasteiger partial charge in [-0.3, -0.25) is 4.79 Å². The van der Waals surface area contributed by atoms with Gasteiger partial charge in [-0.25, -0.2) is 0 Å². The smallest absolute Gasteiger partial charge is 0.405 e. The molecule has 1 atom stereocenters. The fraction of sp³-hybridized carbons (Fsp3) is 0.179. The quantitative estimate of drug-likeness (QED) is 0.236. The number of H-pyrrole nitrogens is 1. The molecule has 0 saturated carbocycles. The molecule has 3 aromatic carbocycles. The van der Waals surface area contributed by atoms with Crippen LogP contribution in [0.2, 0.25) is 10.0 Å². The molecule has 0 spiro atoms. The van der Waals surface area contributed by atoms with Crippen LogP contribution in [0.4, 0.5) is 13.2 Å². The summed E-state index contributed by atoms with van der Waals surface area (Å²) in [7, 11) is 0. The number of benzene rings is 3. The summed E-state index contributed by atoms with van der Waals surface area (Å²) < 4.78 is 43.3. The average molecular weight is 561 g/mol. The largest absolute Gasteiger partial charge is 0.573 e. The third-order valence-electron chi connectivity index (χ3n) is 5.74. The molecule has 0 aliphatic heterocycles. The third kappa shape index (κ3) is 6.62. The van der Waals surface area contributed by atoms with Gasteiger partial charge in [-0.1, -0.05) is 53.2 Å². The number of halogens is 5. The van der Waals surface area contributed by atoms with E-state index in [2.05, 4.69) is 26.9 Å². The summed E-state index contributed by atoms with van der Waals surface area (Å²) in [4.78, 5) is 16.4. The Kier molecular flexibility index (Phi) is 7.93. The maximum atomic E-state index is 13.3. The van der Waals surface area contributed by atoms with E-state index in [-0.39, 0.29) is 17.5 Å². The van der Waals surface area contributed by atoms with Crippen molar-refractivity contribution in [2.45, 2.75) is 25.2 Å². The van der Waals surface area contributed by atoms with Crippen LogP contribution in [-0.2, 0) is 6.42 Å². The second-order valence-corrected chi connectivity index (χ2v) is 9.66. The van der Waals surface area contributed by atoms with Crippen molar-refractivity contribution in [1.29, 1.82) is 0 Å². The van der Waals surface area contributed by atoms with Crippen LogP contribution in [0, 0.1) is 11.8 Å². The van der Waals surface area contributed by atoms with E-state index < -0.39 is 30.2 Å². The number of amides is 1. The number of aromatic amines is 1. The summed E-state index contributed by atoms with van der Waals surface area (Å²) in [5.74, 6) is 4.09. The standard InChI is InChI=1S/C28H21Cl2F3N2O3/c1-27(16-36,14-19-15-34-24-5-3-2-4-20(19)24)35-26(37)21-12-17(9-11-25(21)38-28(31,32)33)6-7-18-8-10-22(29)23(30)13-18/h2-5,8-13,15,34,36H,14,16H2,1H3,(H,35,37)/t27-/m1/s1. The van der Waals surface area contributed by atoms with Gasteiger partial charge in [0.2, 0.25) is 0 Å². The van der Waals surface area contributed by atoms with Gasteiger partial charge >= 0.3 is 6.36 Å². The van der Waals surface area contributed by atoms with Crippen LogP contribution in [0.15, 0.2) is 66.9 Å². The van der Waals surface area contributed by atoms with Crippen molar-refractivity contribution in [3.63, 3.8) is 0 Å². The molecule has 10 heteroatoms. The Labute approximate surface area is 226 Å². The second-order valence-electron chi connectivity index (χ2n) is 8.85. The summed E-state index contributed by atoms with van der Waals surface area (Å²) in [6.07, 6.45) is -3.04. The second kappa shape index (κ2) is 11.0. The first kappa shape index (κ1) is 27.4. The van der Waals surface area contributed by atoms with Gasteiger partial charge in [0.25, 0.3) is 5.91 Å². The first-order chi connectivity index (χ1) is 18.0. The van der Waals surface area contributed by atoms with Crippen LogP contribution < -0.4 is 10.1 Å². The summed E-state index contributed by atoms with van der Waals surface area (Å²) >= 11 is 11.9. The molecule has 0 aliphatic carbocycles. The molecule has 0 bridgehead atoms. The van der Waals surface area contributed by atoms with E-state index in [1.807, 2.05) is 24.3 Å². The predicted molar refractivity (Wildman–Crippen MR) is 141 cm³/mol. The van der Waals surface area contributed by atoms with Crippen LogP contribution >= 0.6 is 23.2 Å². The number of aliphatic hydroxyl groups excluding tert-OH is 1. The van der Waals surface area contributed by atoms with Crippen LogP contribution in [-0.4, -0.2) is 34.5 Å². The van der Waals surface area contributed by atoms with Crippen molar-refractivity contribution < 1.29 is 27.8 Å². The number of para-hydroxylation sites is 1. The summed E-state index contributed by atoms with van der Waals surface area (Å²) in [6.45, 7) is 1.13. The zero-order chi connectivity index (χ0) is 27.5. The highest BCUT2D eigenvalue weighted by Gasteiger charge is 2.34. The number of aliphatic hydroxyl groups is 1. The average Bonchev–Trinajstić information content (AvgIpc) is 3.26. The zero-order valence-corrected chi connectivity index (χ0v) is 21.4. The first-order valence-electron chi connectivity index (χ1n) is 11.3. The maximum Gasteiger partial charge on any atom is 0.573 e. The van der Waals surface area contributed by atoms with E-state index in [1.165, 1.54) is 12.1 Å². The van der Waals surface area contributed by atoms with Gasteiger partial charge in [0.05, 0.1) is 27.8 Å². The summed E-state index contributed by atoms with van der Waals surface area (Å²) in [6, 6.07) is 15.8. The molecule has 1 amide bonds. The number of nitrogens with one attached hydrogen (secondary N) is 2. The minimum atomic E-state index is -5.02. The lowest BCUT2D eigenvalue weighted by molar-refractivity contribution is -0.274. The fourth-order valence-electron chi connectivity index (χ4n) is 3.90. The van der Waals surface area contributed by atoms with Gasteiger partial charge in [-0.05, 0) is 61.4 Å². The molecule has 4 aromatic rings.